The van der Waals surface area contributed by atoms with Crippen LogP contribution in [0.15, 0.2) is 53.3 Å². The third kappa shape index (κ3) is 4.01. The molecule has 5 rings (SSSR count). The molecule has 2 aromatic heterocycles. The second-order valence-electron chi connectivity index (χ2n) is 8.45. The Hall–Kier alpha value is -3.16. The van der Waals surface area contributed by atoms with E-state index in [1.807, 2.05) is 32.0 Å². The van der Waals surface area contributed by atoms with Crippen molar-refractivity contribution in [1.29, 1.82) is 0 Å². The average Bonchev–Trinajstić information content (AvgIpc) is 3.13. The van der Waals surface area contributed by atoms with Gasteiger partial charge in [-0.15, -0.1) is 11.3 Å². The Morgan fingerprint density at radius 3 is 2.62 bits per heavy atom. The van der Waals surface area contributed by atoms with Gasteiger partial charge in [-0.25, -0.2) is 9.66 Å². The molecule has 0 aliphatic carbocycles. The molecule has 0 fully saturated rings. The first kappa shape index (κ1) is 20.7. The molecule has 0 saturated carbocycles. The molecular weight excluding hydrogens is 420 g/mol. The lowest BCUT2D eigenvalue weighted by atomic mass is 10.0. The van der Waals surface area contributed by atoms with Crippen LogP contribution in [0.2, 0.25) is 0 Å². The van der Waals surface area contributed by atoms with Gasteiger partial charge in [0.15, 0.2) is 5.82 Å². The average molecular weight is 447 g/mol. The summed E-state index contributed by atoms with van der Waals surface area (Å²) in [7, 11) is 0. The van der Waals surface area contributed by atoms with Crippen LogP contribution in [0.5, 0.6) is 5.75 Å². The SMILES string of the molecule is Cc1cc(C)cc(OCc2nc3sc4c(c3c(=O)n2N)CCN(Cc2ccccc2)C4)c1. The molecule has 0 bridgehead atoms. The number of hydrogen-bond acceptors (Lipinski definition) is 6. The van der Waals surface area contributed by atoms with Crippen LogP contribution < -0.4 is 16.1 Å². The van der Waals surface area contributed by atoms with Crippen molar-refractivity contribution in [1.82, 2.24) is 14.6 Å². The van der Waals surface area contributed by atoms with Gasteiger partial charge < -0.3 is 10.6 Å². The van der Waals surface area contributed by atoms with Crippen LogP contribution in [0, 0.1) is 13.8 Å². The largest absolute Gasteiger partial charge is 0.486 e. The molecule has 1 aliphatic rings. The maximum absolute atomic E-state index is 13.1. The van der Waals surface area contributed by atoms with Crippen molar-refractivity contribution >= 4 is 21.6 Å². The molecule has 32 heavy (non-hydrogen) atoms. The van der Waals surface area contributed by atoms with E-state index in [1.165, 1.54) is 10.4 Å². The molecule has 0 radical (unpaired) electrons. The third-order valence-corrected chi connectivity index (χ3v) is 6.98. The number of nitrogens with two attached hydrogens (primary N) is 1. The van der Waals surface area contributed by atoms with Gasteiger partial charge in [0, 0.05) is 24.5 Å². The van der Waals surface area contributed by atoms with E-state index in [-0.39, 0.29) is 12.2 Å². The van der Waals surface area contributed by atoms with Gasteiger partial charge in [0.25, 0.3) is 5.56 Å². The molecule has 3 heterocycles. The van der Waals surface area contributed by atoms with Gasteiger partial charge in [0.2, 0.25) is 0 Å². The van der Waals surface area contributed by atoms with Crippen LogP contribution in [-0.2, 0) is 26.1 Å². The molecular formula is C25H26N4O2S. The molecule has 1 aliphatic heterocycles. The molecule has 0 atom stereocenters. The van der Waals surface area contributed by atoms with E-state index < -0.39 is 0 Å². The lowest BCUT2D eigenvalue weighted by molar-refractivity contribution is 0.249. The van der Waals surface area contributed by atoms with E-state index in [0.29, 0.717) is 11.2 Å². The summed E-state index contributed by atoms with van der Waals surface area (Å²) in [6.07, 6.45) is 0.831. The summed E-state index contributed by atoms with van der Waals surface area (Å²) < 4.78 is 7.07. The maximum Gasteiger partial charge on any atom is 0.281 e. The fourth-order valence-corrected chi connectivity index (χ4v) is 5.66. The maximum atomic E-state index is 13.1. The Labute approximate surface area is 190 Å². The first-order valence-electron chi connectivity index (χ1n) is 10.8. The van der Waals surface area contributed by atoms with E-state index in [2.05, 4.69) is 35.2 Å². The minimum Gasteiger partial charge on any atom is -0.486 e. The predicted molar refractivity (Wildman–Crippen MR) is 129 cm³/mol. The van der Waals surface area contributed by atoms with Gasteiger partial charge in [-0.3, -0.25) is 9.69 Å². The topological polar surface area (TPSA) is 73.4 Å². The Bertz CT molecular complexity index is 1320. The van der Waals surface area contributed by atoms with Gasteiger partial charge >= 0.3 is 0 Å². The molecule has 4 aromatic rings. The van der Waals surface area contributed by atoms with E-state index in [4.69, 9.17) is 15.6 Å². The Morgan fingerprint density at radius 1 is 1.12 bits per heavy atom. The fraction of sp³-hybridized carbons (Fsp3) is 0.280. The van der Waals surface area contributed by atoms with Crippen molar-refractivity contribution in [2.75, 3.05) is 12.4 Å². The molecule has 0 unspecified atom stereocenters. The Morgan fingerprint density at radius 2 is 1.88 bits per heavy atom. The zero-order valence-electron chi connectivity index (χ0n) is 18.3. The highest BCUT2D eigenvalue weighted by Crippen LogP contribution is 2.33. The molecule has 6 nitrogen and oxygen atoms in total. The zero-order chi connectivity index (χ0) is 22.2. The highest BCUT2D eigenvalue weighted by Gasteiger charge is 2.25. The van der Waals surface area contributed by atoms with Gasteiger partial charge in [0.05, 0.1) is 5.39 Å². The summed E-state index contributed by atoms with van der Waals surface area (Å²) in [4.78, 5) is 22.2. The molecule has 2 aromatic carbocycles. The summed E-state index contributed by atoms with van der Waals surface area (Å²) in [6, 6.07) is 16.5. The number of nitrogens with zero attached hydrogens (tertiary/aromatic N) is 3. The number of aryl methyl sites for hydroxylation is 2. The van der Waals surface area contributed by atoms with E-state index in [0.717, 1.165) is 58.0 Å². The van der Waals surface area contributed by atoms with Gasteiger partial charge in [-0.1, -0.05) is 36.4 Å². The highest BCUT2D eigenvalue weighted by molar-refractivity contribution is 7.18. The number of benzene rings is 2. The van der Waals surface area contributed by atoms with Crippen LogP contribution in [0.3, 0.4) is 0 Å². The molecule has 2 N–H and O–H groups in total. The van der Waals surface area contributed by atoms with Crippen LogP contribution in [0.25, 0.3) is 10.2 Å². The number of thiophene rings is 1. The number of fused-ring (bicyclic) bond motifs is 3. The van der Waals surface area contributed by atoms with E-state index in [1.54, 1.807) is 11.3 Å². The van der Waals surface area contributed by atoms with Gasteiger partial charge in [-0.05, 0) is 54.7 Å². The van der Waals surface area contributed by atoms with Crippen molar-refractivity contribution in [3.05, 3.63) is 91.8 Å². The Balaban J connectivity index is 1.41. The molecule has 164 valence electrons. The fourth-order valence-electron chi connectivity index (χ4n) is 4.39. The van der Waals surface area contributed by atoms with Crippen molar-refractivity contribution < 1.29 is 4.74 Å². The predicted octanol–water partition coefficient (Wildman–Crippen LogP) is 3.93. The zero-order valence-corrected chi connectivity index (χ0v) is 19.1. The van der Waals surface area contributed by atoms with Crippen LogP contribution in [-0.4, -0.2) is 21.1 Å². The minimum atomic E-state index is -0.192. The minimum absolute atomic E-state index is 0.146. The first-order chi connectivity index (χ1) is 15.5. The summed E-state index contributed by atoms with van der Waals surface area (Å²) in [6.45, 7) is 6.84. The normalized spacial score (nSPS) is 13.9. The molecule has 0 amide bonds. The van der Waals surface area contributed by atoms with E-state index >= 15 is 0 Å². The quantitative estimate of drug-likeness (QED) is 0.470. The highest BCUT2D eigenvalue weighted by atomic mass is 32.1. The van der Waals surface area contributed by atoms with Crippen molar-refractivity contribution in [2.45, 2.75) is 40.0 Å². The summed E-state index contributed by atoms with van der Waals surface area (Å²) in [5.74, 6) is 7.33. The monoisotopic (exact) mass is 446 g/mol. The summed E-state index contributed by atoms with van der Waals surface area (Å²) in [5.41, 5.74) is 4.46. The Kier molecular flexibility index (Phi) is 5.45. The number of nitrogen functional groups attached to an aromatic ring is 1. The van der Waals surface area contributed by atoms with Crippen molar-refractivity contribution in [2.24, 2.45) is 0 Å². The lowest BCUT2D eigenvalue weighted by Gasteiger charge is -2.26. The second-order valence-corrected chi connectivity index (χ2v) is 9.53. The van der Waals surface area contributed by atoms with Crippen LogP contribution >= 0.6 is 11.3 Å². The van der Waals surface area contributed by atoms with Crippen molar-refractivity contribution in [3.63, 3.8) is 0 Å². The molecule has 0 spiro atoms. The first-order valence-corrected chi connectivity index (χ1v) is 11.6. The molecule has 0 saturated heterocycles. The van der Waals surface area contributed by atoms with Crippen LogP contribution in [0.1, 0.15) is 33.0 Å². The standard InChI is InChI=1S/C25H26N4O2S/c1-16-10-17(2)12-19(11-16)31-15-22-27-24-23(25(30)29(22)26)20-8-9-28(14-21(20)32-24)13-18-6-4-3-5-7-18/h3-7,10-12H,8-9,13-15,26H2,1-2H3. The lowest BCUT2D eigenvalue weighted by Crippen LogP contribution is -2.33. The summed E-state index contributed by atoms with van der Waals surface area (Å²) >= 11 is 1.60. The number of ether oxygens (including phenoxy) is 1. The van der Waals surface area contributed by atoms with Gasteiger partial charge in [0.1, 0.15) is 17.2 Å². The second kappa shape index (κ2) is 8.41. The molecule has 7 heteroatoms. The van der Waals surface area contributed by atoms with Crippen LogP contribution in [0.4, 0.5) is 0 Å². The smallest absolute Gasteiger partial charge is 0.281 e. The van der Waals surface area contributed by atoms with E-state index in [9.17, 15) is 4.79 Å². The third-order valence-electron chi connectivity index (χ3n) is 5.87. The van der Waals surface area contributed by atoms with Crippen molar-refractivity contribution in [3.8, 4) is 5.75 Å². The summed E-state index contributed by atoms with van der Waals surface area (Å²) in [5, 5.41) is 0.669. The van der Waals surface area contributed by atoms with Gasteiger partial charge in [-0.2, -0.15) is 0 Å². The number of aromatic nitrogens is 2. The number of rotatable bonds is 5. The number of hydrogen-bond donors (Lipinski definition) is 1.